The quantitative estimate of drug-likeness (QED) is 0.749. The molecule has 0 amide bonds. The van der Waals surface area contributed by atoms with E-state index in [-0.39, 0.29) is 0 Å². The van der Waals surface area contributed by atoms with E-state index < -0.39 is 0 Å². The first-order valence-corrected chi connectivity index (χ1v) is 7.11. The average molecular weight is 226 g/mol. The minimum atomic E-state index is 0.312. The Balaban J connectivity index is 2.61. The predicted molar refractivity (Wildman–Crippen MR) is 71.9 cm³/mol. The van der Waals surface area contributed by atoms with Crippen LogP contribution in [0.25, 0.3) is 0 Å². The van der Waals surface area contributed by atoms with Gasteiger partial charge in [-0.15, -0.1) is 0 Å². The fourth-order valence-electron chi connectivity index (χ4n) is 2.93. The van der Waals surface area contributed by atoms with Gasteiger partial charge < -0.3 is 5.32 Å². The Bertz CT molecular complexity index is 177. The molecule has 2 nitrogen and oxygen atoms in total. The smallest absolute Gasteiger partial charge is 0.0306 e. The van der Waals surface area contributed by atoms with Crippen LogP contribution in [0.5, 0.6) is 0 Å². The summed E-state index contributed by atoms with van der Waals surface area (Å²) in [5, 5.41) is 3.68. The third-order valence-corrected chi connectivity index (χ3v) is 4.05. The molecule has 1 aliphatic heterocycles. The highest BCUT2D eigenvalue weighted by atomic mass is 15.2. The highest BCUT2D eigenvalue weighted by Crippen LogP contribution is 2.26. The molecule has 2 heteroatoms. The SMILES string of the molecule is CCCC(NCC)C(C)(C)N1CCCCC1. The lowest BCUT2D eigenvalue weighted by atomic mass is 9.87. The molecular formula is C14H30N2. The molecule has 1 atom stereocenters. The van der Waals surface area contributed by atoms with E-state index in [9.17, 15) is 0 Å². The average Bonchev–Trinajstić information content (AvgIpc) is 2.30. The first-order chi connectivity index (χ1) is 7.62. The van der Waals surface area contributed by atoms with Crippen LogP contribution in [0.3, 0.4) is 0 Å². The number of hydrogen-bond acceptors (Lipinski definition) is 2. The van der Waals surface area contributed by atoms with Crippen LogP contribution in [0.15, 0.2) is 0 Å². The molecule has 1 fully saturated rings. The zero-order valence-electron chi connectivity index (χ0n) is 11.7. The Morgan fingerprint density at radius 2 is 1.75 bits per heavy atom. The van der Waals surface area contributed by atoms with Crippen molar-refractivity contribution in [3.05, 3.63) is 0 Å². The van der Waals surface area contributed by atoms with E-state index in [2.05, 4.69) is 37.9 Å². The molecular weight excluding hydrogens is 196 g/mol. The van der Waals surface area contributed by atoms with Crippen LogP contribution in [0.1, 0.15) is 59.8 Å². The molecule has 1 aliphatic rings. The Kier molecular flexibility index (Phi) is 5.77. The Hall–Kier alpha value is -0.0800. The molecule has 0 saturated carbocycles. The van der Waals surface area contributed by atoms with Gasteiger partial charge >= 0.3 is 0 Å². The summed E-state index contributed by atoms with van der Waals surface area (Å²) in [7, 11) is 0. The number of hydrogen-bond donors (Lipinski definition) is 1. The van der Waals surface area contributed by atoms with Gasteiger partial charge in [0.2, 0.25) is 0 Å². The molecule has 1 unspecified atom stereocenters. The first kappa shape index (κ1) is 14.0. The van der Waals surface area contributed by atoms with Crippen LogP contribution in [0.4, 0.5) is 0 Å². The topological polar surface area (TPSA) is 15.3 Å². The van der Waals surface area contributed by atoms with Gasteiger partial charge in [-0.25, -0.2) is 0 Å². The van der Waals surface area contributed by atoms with Crippen LogP contribution in [0, 0.1) is 0 Å². The normalized spacial score (nSPS) is 21.0. The van der Waals surface area contributed by atoms with E-state index in [1.165, 1.54) is 45.2 Å². The second-order valence-electron chi connectivity index (χ2n) is 5.60. The fraction of sp³-hybridized carbons (Fsp3) is 1.00. The maximum Gasteiger partial charge on any atom is 0.0306 e. The van der Waals surface area contributed by atoms with Gasteiger partial charge in [-0.2, -0.15) is 0 Å². The van der Waals surface area contributed by atoms with Gasteiger partial charge in [-0.1, -0.05) is 26.7 Å². The first-order valence-electron chi connectivity index (χ1n) is 7.11. The highest BCUT2D eigenvalue weighted by Gasteiger charge is 2.34. The molecule has 1 rings (SSSR count). The molecule has 96 valence electrons. The van der Waals surface area contributed by atoms with Gasteiger partial charge in [0.25, 0.3) is 0 Å². The molecule has 0 aromatic rings. The maximum absolute atomic E-state index is 3.68. The molecule has 1 N–H and O–H groups in total. The van der Waals surface area contributed by atoms with E-state index in [1.54, 1.807) is 0 Å². The van der Waals surface area contributed by atoms with Crippen LogP contribution in [-0.4, -0.2) is 36.1 Å². The van der Waals surface area contributed by atoms with Crippen LogP contribution < -0.4 is 5.32 Å². The Morgan fingerprint density at radius 1 is 1.12 bits per heavy atom. The monoisotopic (exact) mass is 226 g/mol. The maximum atomic E-state index is 3.68. The molecule has 0 bridgehead atoms. The Labute approximate surface area is 102 Å². The summed E-state index contributed by atoms with van der Waals surface area (Å²) in [5.74, 6) is 0. The van der Waals surface area contributed by atoms with Crippen molar-refractivity contribution < 1.29 is 0 Å². The molecule has 0 radical (unpaired) electrons. The summed E-state index contributed by atoms with van der Waals surface area (Å²) in [6.45, 7) is 13.0. The summed E-state index contributed by atoms with van der Waals surface area (Å²) < 4.78 is 0. The van der Waals surface area contributed by atoms with Crippen molar-refractivity contribution in [1.29, 1.82) is 0 Å². The summed E-state index contributed by atoms with van der Waals surface area (Å²) in [5.41, 5.74) is 0.312. The largest absolute Gasteiger partial charge is 0.312 e. The predicted octanol–water partition coefficient (Wildman–Crippen LogP) is 3.03. The molecule has 0 aromatic heterocycles. The van der Waals surface area contributed by atoms with Gasteiger partial charge in [0.05, 0.1) is 0 Å². The van der Waals surface area contributed by atoms with E-state index in [1.807, 2.05) is 0 Å². The lowest BCUT2D eigenvalue weighted by Gasteiger charge is -2.46. The summed E-state index contributed by atoms with van der Waals surface area (Å²) in [4.78, 5) is 2.69. The Morgan fingerprint density at radius 3 is 2.25 bits per heavy atom. The van der Waals surface area contributed by atoms with Crippen molar-refractivity contribution >= 4 is 0 Å². The molecule has 1 heterocycles. The van der Waals surface area contributed by atoms with Crippen molar-refractivity contribution in [1.82, 2.24) is 10.2 Å². The van der Waals surface area contributed by atoms with Crippen molar-refractivity contribution in [3.8, 4) is 0 Å². The van der Waals surface area contributed by atoms with E-state index in [4.69, 9.17) is 0 Å². The van der Waals surface area contributed by atoms with E-state index in [0.717, 1.165) is 6.54 Å². The van der Waals surface area contributed by atoms with Gasteiger partial charge in [-0.05, 0) is 52.7 Å². The number of likely N-dealkylation sites (tertiary alicyclic amines) is 1. The van der Waals surface area contributed by atoms with Crippen molar-refractivity contribution in [2.24, 2.45) is 0 Å². The zero-order chi connectivity index (χ0) is 12.0. The third kappa shape index (κ3) is 3.46. The minimum absolute atomic E-state index is 0.312. The van der Waals surface area contributed by atoms with Gasteiger partial charge in [0.1, 0.15) is 0 Å². The zero-order valence-corrected chi connectivity index (χ0v) is 11.7. The van der Waals surface area contributed by atoms with Gasteiger partial charge in [0.15, 0.2) is 0 Å². The second-order valence-corrected chi connectivity index (χ2v) is 5.60. The van der Waals surface area contributed by atoms with Crippen LogP contribution in [0.2, 0.25) is 0 Å². The van der Waals surface area contributed by atoms with Crippen molar-refractivity contribution in [2.45, 2.75) is 71.4 Å². The molecule has 0 aliphatic carbocycles. The minimum Gasteiger partial charge on any atom is -0.312 e. The summed E-state index contributed by atoms with van der Waals surface area (Å²) in [6, 6.07) is 0.639. The fourth-order valence-corrected chi connectivity index (χ4v) is 2.93. The number of likely N-dealkylation sites (N-methyl/N-ethyl adjacent to an activating group) is 1. The van der Waals surface area contributed by atoms with Crippen LogP contribution >= 0.6 is 0 Å². The van der Waals surface area contributed by atoms with Crippen LogP contribution in [-0.2, 0) is 0 Å². The number of piperidine rings is 1. The van der Waals surface area contributed by atoms with Gasteiger partial charge in [-0.3, -0.25) is 4.90 Å². The van der Waals surface area contributed by atoms with Gasteiger partial charge in [0, 0.05) is 11.6 Å². The highest BCUT2D eigenvalue weighted by molar-refractivity contribution is 4.94. The third-order valence-electron chi connectivity index (χ3n) is 4.05. The second kappa shape index (κ2) is 6.61. The molecule has 0 spiro atoms. The number of nitrogens with zero attached hydrogens (tertiary/aromatic N) is 1. The number of rotatable bonds is 6. The summed E-state index contributed by atoms with van der Waals surface area (Å²) in [6.07, 6.45) is 6.75. The molecule has 0 aromatic carbocycles. The lowest BCUT2D eigenvalue weighted by molar-refractivity contribution is 0.0585. The number of nitrogens with one attached hydrogen (secondary N) is 1. The van der Waals surface area contributed by atoms with Crippen molar-refractivity contribution in [3.63, 3.8) is 0 Å². The summed E-state index contributed by atoms with van der Waals surface area (Å²) >= 11 is 0. The van der Waals surface area contributed by atoms with E-state index in [0.29, 0.717) is 11.6 Å². The van der Waals surface area contributed by atoms with E-state index >= 15 is 0 Å². The lowest BCUT2D eigenvalue weighted by Crippen LogP contribution is -2.58. The molecule has 16 heavy (non-hydrogen) atoms. The standard InChI is InChI=1S/C14H30N2/c1-5-10-13(15-6-2)14(3,4)16-11-8-7-9-12-16/h13,15H,5-12H2,1-4H3. The van der Waals surface area contributed by atoms with Crippen molar-refractivity contribution in [2.75, 3.05) is 19.6 Å². The molecule has 1 saturated heterocycles.